The van der Waals surface area contributed by atoms with Crippen molar-refractivity contribution < 1.29 is 14.3 Å². The molecule has 2 N–H and O–H groups in total. The highest BCUT2D eigenvalue weighted by Gasteiger charge is 2.19. The molecule has 34 heavy (non-hydrogen) atoms. The molecule has 0 aliphatic heterocycles. The molecule has 8 heteroatoms. The lowest BCUT2D eigenvalue weighted by Gasteiger charge is -2.09. The highest BCUT2D eigenvalue weighted by molar-refractivity contribution is 6.30. The van der Waals surface area contributed by atoms with E-state index in [4.69, 9.17) is 21.0 Å². The summed E-state index contributed by atoms with van der Waals surface area (Å²) in [6, 6.07) is 22.6. The molecule has 0 aliphatic rings. The number of carbonyl (C=O) groups excluding carboxylic acids is 1. The number of nitrogens with one attached hydrogen (secondary N) is 1. The molecular weight excluding hydrogens is 452 g/mol. The van der Waals surface area contributed by atoms with Crippen molar-refractivity contribution in [3.05, 3.63) is 95.5 Å². The van der Waals surface area contributed by atoms with Gasteiger partial charge in [0, 0.05) is 34.7 Å². The Morgan fingerprint density at radius 3 is 2.62 bits per heavy atom. The predicted molar refractivity (Wildman–Crippen MR) is 131 cm³/mol. The first-order valence-electron chi connectivity index (χ1n) is 10.8. The first kappa shape index (κ1) is 21.9. The molecule has 0 radical (unpaired) electrons. The number of anilines is 1. The van der Waals surface area contributed by atoms with Crippen LogP contribution >= 0.6 is 11.6 Å². The minimum atomic E-state index is -0.186. The fourth-order valence-corrected chi connectivity index (χ4v) is 3.90. The first-order valence-corrected chi connectivity index (χ1v) is 11.2. The summed E-state index contributed by atoms with van der Waals surface area (Å²) in [7, 11) is 0. The van der Waals surface area contributed by atoms with E-state index in [-0.39, 0.29) is 18.9 Å². The molecule has 1 amide bonds. The summed E-state index contributed by atoms with van der Waals surface area (Å²) in [4.78, 5) is 21.8. The quantitative estimate of drug-likeness (QED) is 0.331. The van der Waals surface area contributed by atoms with Gasteiger partial charge < -0.3 is 14.8 Å². The van der Waals surface area contributed by atoms with Gasteiger partial charge in [-0.3, -0.25) is 9.36 Å². The Labute approximate surface area is 200 Å². The van der Waals surface area contributed by atoms with E-state index in [0.29, 0.717) is 40.2 Å². The van der Waals surface area contributed by atoms with E-state index in [1.807, 2.05) is 48.5 Å². The SMILES string of the molecule is O=C(CCc1oc(-n2cnc3ccccc32)nc1-c1ccc(Cl)cc1)Nc1ccccc1CO. The second kappa shape index (κ2) is 9.51. The maximum Gasteiger partial charge on any atom is 0.308 e. The number of amides is 1. The van der Waals surface area contributed by atoms with Crippen LogP contribution in [0.5, 0.6) is 0 Å². The summed E-state index contributed by atoms with van der Waals surface area (Å²) in [6.45, 7) is -0.151. The molecule has 0 spiro atoms. The fraction of sp³-hybridized carbons (Fsp3) is 0.115. The van der Waals surface area contributed by atoms with Crippen LogP contribution < -0.4 is 5.32 Å². The van der Waals surface area contributed by atoms with Crippen LogP contribution in [0.1, 0.15) is 17.7 Å². The standard InChI is InChI=1S/C26H21ClN4O3/c27-19-11-9-17(10-12-19)25-23(13-14-24(33)29-20-6-2-1-5-18(20)15-32)34-26(30-25)31-16-28-21-7-3-4-8-22(21)31/h1-12,16,32H,13-15H2,(H,29,33). The number of carbonyl (C=O) groups is 1. The number of imidazole rings is 1. The monoisotopic (exact) mass is 472 g/mol. The summed E-state index contributed by atoms with van der Waals surface area (Å²) in [5.74, 6) is 0.398. The van der Waals surface area contributed by atoms with Crippen molar-refractivity contribution in [1.29, 1.82) is 0 Å². The van der Waals surface area contributed by atoms with Gasteiger partial charge in [-0.15, -0.1) is 0 Å². The van der Waals surface area contributed by atoms with E-state index in [0.717, 1.165) is 16.6 Å². The van der Waals surface area contributed by atoms with Crippen molar-refractivity contribution in [1.82, 2.24) is 14.5 Å². The molecule has 0 unspecified atom stereocenters. The van der Waals surface area contributed by atoms with Crippen molar-refractivity contribution in [3.8, 4) is 17.3 Å². The Kier molecular flexibility index (Phi) is 6.12. The first-order chi connectivity index (χ1) is 16.6. The summed E-state index contributed by atoms with van der Waals surface area (Å²) in [5, 5.41) is 13.0. The lowest BCUT2D eigenvalue weighted by Crippen LogP contribution is -2.13. The number of halogens is 1. The molecule has 5 aromatic rings. The predicted octanol–water partition coefficient (Wildman–Crippen LogP) is 5.40. The highest BCUT2D eigenvalue weighted by Crippen LogP contribution is 2.29. The van der Waals surface area contributed by atoms with Gasteiger partial charge in [0.25, 0.3) is 0 Å². The van der Waals surface area contributed by atoms with Crippen molar-refractivity contribution in [2.75, 3.05) is 5.32 Å². The zero-order valence-electron chi connectivity index (χ0n) is 18.1. The highest BCUT2D eigenvalue weighted by atomic mass is 35.5. The van der Waals surface area contributed by atoms with Crippen molar-refractivity contribution in [2.45, 2.75) is 19.4 Å². The van der Waals surface area contributed by atoms with Crippen molar-refractivity contribution in [2.24, 2.45) is 0 Å². The van der Waals surface area contributed by atoms with E-state index in [1.54, 1.807) is 35.2 Å². The van der Waals surface area contributed by atoms with E-state index in [2.05, 4.69) is 10.3 Å². The van der Waals surface area contributed by atoms with Gasteiger partial charge in [-0.1, -0.05) is 54.1 Å². The van der Waals surface area contributed by atoms with Crippen LogP contribution in [0, 0.1) is 0 Å². The van der Waals surface area contributed by atoms with Gasteiger partial charge in [-0.05, 0) is 30.3 Å². The molecule has 2 aromatic heterocycles. The van der Waals surface area contributed by atoms with Gasteiger partial charge in [0.05, 0.1) is 17.6 Å². The third kappa shape index (κ3) is 4.44. The molecule has 3 aromatic carbocycles. The Morgan fingerprint density at radius 1 is 1.03 bits per heavy atom. The number of benzene rings is 3. The lowest BCUT2D eigenvalue weighted by atomic mass is 10.1. The maximum absolute atomic E-state index is 12.7. The minimum Gasteiger partial charge on any atom is -0.427 e. The number of fused-ring (bicyclic) bond motifs is 1. The van der Waals surface area contributed by atoms with Crippen LogP contribution in [-0.2, 0) is 17.8 Å². The third-order valence-corrected chi connectivity index (χ3v) is 5.76. The largest absolute Gasteiger partial charge is 0.427 e. The number of aliphatic hydroxyl groups excluding tert-OH is 1. The van der Waals surface area contributed by atoms with Gasteiger partial charge in [0.1, 0.15) is 17.8 Å². The summed E-state index contributed by atoms with van der Waals surface area (Å²) in [5.41, 5.74) is 4.44. The summed E-state index contributed by atoms with van der Waals surface area (Å²) in [6.07, 6.45) is 2.19. The number of hydrogen-bond acceptors (Lipinski definition) is 5. The van der Waals surface area contributed by atoms with Gasteiger partial charge in [-0.2, -0.15) is 4.98 Å². The second-order valence-corrected chi connectivity index (χ2v) is 8.18. The van der Waals surface area contributed by atoms with E-state index in [1.165, 1.54) is 0 Å². The van der Waals surface area contributed by atoms with Gasteiger partial charge in [0.2, 0.25) is 5.91 Å². The van der Waals surface area contributed by atoms with Crippen LogP contribution in [-0.4, -0.2) is 25.5 Å². The van der Waals surface area contributed by atoms with Crippen LogP contribution in [0.4, 0.5) is 5.69 Å². The summed E-state index contributed by atoms with van der Waals surface area (Å²) >= 11 is 6.07. The number of nitrogens with zero attached hydrogens (tertiary/aromatic N) is 3. The molecule has 170 valence electrons. The zero-order chi connectivity index (χ0) is 23.5. The molecule has 0 fully saturated rings. The van der Waals surface area contributed by atoms with E-state index in [9.17, 15) is 9.90 Å². The van der Waals surface area contributed by atoms with Crippen molar-refractivity contribution in [3.63, 3.8) is 0 Å². The average Bonchev–Trinajstić information content (AvgIpc) is 3.48. The fourth-order valence-electron chi connectivity index (χ4n) is 3.78. The van der Waals surface area contributed by atoms with Crippen LogP contribution in [0.25, 0.3) is 28.3 Å². The van der Waals surface area contributed by atoms with Gasteiger partial charge in [-0.25, -0.2) is 4.98 Å². The molecule has 0 bridgehead atoms. The van der Waals surface area contributed by atoms with Crippen LogP contribution in [0.2, 0.25) is 5.02 Å². The topological polar surface area (TPSA) is 93.2 Å². The number of rotatable bonds is 7. The number of hydrogen-bond donors (Lipinski definition) is 2. The molecule has 0 saturated heterocycles. The van der Waals surface area contributed by atoms with Crippen LogP contribution in [0.15, 0.2) is 83.5 Å². The van der Waals surface area contributed by atoms with E-state index >= 15 is 0 Å². The molecule has 2 heterocycles. The molecule has 0 atom stereocenters. The number of aryl methyl sites for hydroxylation is 1. The molecule has 0 aliphatic carbocycles. The molecule has 5 rings (SSSR count). The number of para-hydroxylation sites is 3. The van der Waals surface area contributed by atoms with Crippen LogP contribution in [0.3, 0.4) is 0 Å². The Balaban J connectivity index is 1.44. The third-order valence-electron chi connectivity index (χ3n) is 5.50. The molecule has 0 saturated carbocycles. The van der Waals surface area contributed by atoms with Gasteiger partial charge in [0.15, 0.2) is 0 Å². The Bertz CT molecular complexity index is 1460. The average molecular weight is 473 g/mol. The normalized spacial score (nSPS) is 11.1. The molecular formula is C26H21ClN4O3. The minimum absolute atomic E-state index is 0.151. The lowest BCUT2D eigenvalue weighted by molar-refractivity contribution is -0.116. The van der Waals surface area contributed by atoms with Gasteiger partial charge >= 0.3 is 6.01 Å². The Hall–Kier alpha value is -3.94. The summed E-state index contributed by atoms with van der Waals surface area (Å²) < 4.78 is 7.94. The van der Waals surface area contributed by atoms with Crippen molar-refractivity contribution >= 4 is 34.2 Å². The number of aliphatic hydroxyl groups is 1. The van der Waals surface area contributed by atoms with E-state index < -0.39 is 0 Å². The number of oxazole rings is 1. The smallest absolute Gasteiger partial charge is 0.308 e. The zero-order valence-corrected chi connectivity index (χ0v) is 18.9. The maximum atomic E-state index is 12.7. The second-order valence-electron chi connectivity index (χ2n) is 7.74. The Morgan fingerprint density at radius 2 is 1.79 bits per heavy atom. The molecule has 7 nitrogen and oxygen atoms in total. The number of aromatic nitrogens is 3.